The number of carboxylic acid groups (broad SMARTS) is 1. The van der Waals surface area contributed by atoms with E-state index in [2.05, 4.69) is 20.8 Å². The van der Waals surface area contributed by atoms with Crippen molar-refractivity contribution in [2.45, 2.75) is 26.3 Å². The van der Waals surface area contributed by atoms with Crippen LogP contribution in [0.5, 0.6) is 11.5 Å². The van der Waals surface area contributed by atoms with Crippen LogP contribution in [0.25, 0.3) is 0 Å². The van der Waals surface area contributed by atoms with Crippen molar-refractivity contribution in [2.75, 3.05) is 20.2 Å². The molecular weight excluding hydrogens is 338 g/mol. The number of hydrogen-bond acceptors (Lipinski definition) is 4. The van der Waals surface area contributed by atoms with Gasteiger partial charge in [0.1, 0.15) is 0 Å². The van der Waals surface area contributed by atoms with Crippen LogP contribution in [-0.4, -0.2) is 41.3 Å². The molecule has 1 heterocycles. The van der Waals surface area contributed by atoms with Crippen molar-refractivity contribution in [1.82, 2.24) is 4.90 Å². The zero-order valence-corrected chi connectivity index (χ0v) is 13.8. The van der Waals surface area contributed by atoms with E-state index in [-0.39, 0.29) is 5.75 Å². The van der Waals surface area contributed by atoms with E-state index in [1.807, 2.05) is 19.1 Å². The van der Waals surface area contributed by atoms with Crippen LogP contribution in [0.4, 0.5) is 0 Å². The molecule has 1 saturated heterocycles. The maximum atomic E-state index is 11.2. The number of carbonyl (C=O) groups is 1. The lowest BCUT2D eigenvalue weighted by Gasteiger charge is -2.36. The van der Waals surface area contributed by atoms with E-state index in [1.54, 1.807) is 0 Å². The second-order valence-electron chi connectivity index (χ2n) is 5.77. The van der Waals surface area contributed by atoms with Crippen LogP contribution in [0.2, 0.25) is 0 Å². The standard InChI is InChI=1S/C15H20BrNO4/c1-15(14(19)20)3-5-17(6-4-15)9-10-7-11(16)13(18)12(8-10)21-2/h7-8,18H,3-6,9H2,1-2H3,(H,19,20). The summed E-state index contributed by atoms with van der Waals surface area (Å²) in [5.74, 6) is -0.179. The molecular formula is C15H20BrNO4. The summed E-state index contributed by atoms with van der Waals surface area (Å²) >= 11 is 3.31. The Morgan fingerprint density at radius 2 is 2.05 bits per heavy atom. The first-order valence-electron chi connectivity index (χ1n) is 6.87. The molecule has 0 saturated carbocycles. The van der Waals surface area contributed by atoms with Crippen molar-refractivity contribution in [3.05, 3.63) is 22.2 Å². The van der Waals surface area contributed by atoms with Gasteiger partial charge in [-0.1, -0.05) is 0 Å². The third-order valence-corrected chi connectivity index (χ3v) is 4.79. The van der Waals surface area contributed by atoms with Gasteiger partial charge in [-0.25, -0.2) is 0 Å². The highest BCUT2D eigenvalue weighted by Crippen LogP contribution is 2.36. The van der Waals surface area contributed by atoms with Crippen molar-refractivity contribution in [3.8, 4) is 11.5 Å². The summed E-state index contributed by atoms with van der Waals surface area (Å²) < 4.78 is 5.75. The number of rotatable bonds is 4. The minimum absolute atomic E-state index is 0.0957. The minimum atomic E-state index is -0.712. The van der Waals surface area contributed by atoms with Gasteiger partial charge in [-0.05, 0) is 66.5 Å². The molecule has 2 rings (SSSR count). The maximum absolute atomic E-state index is 11.2. The average molecular weight is 358 g/mol. The Labute approximate surface area is 132 Å². The summed E-state index contributed by atoms with van der Waals surface area (Å²) in [7, 11) is 1.52. The summed E-state index contributed by atoms with van der Waals surface area (Å²) in [4.78, 5) is 13.5. The van der Waals surface area contributed by atoms with Crippen LogP contribution >= 0.6 is 15.9 Å². The van der Waals surface area contributed by atoms with E-state index in [9.17, 15) is 15.0 Å². The Kier molecular flexibility index (Phi) is 4.78. The monoisotopic (exact) mass is 357 g/mol. The van der Waals surface area contributed by atoms with Gasteiger partial charge in [0.05, 0.1) is 17.0 Å². The lowest BCUT2D eigenvalue weighted by molar-refractivity contribution is -0.150. The minimum Gasteiger partial charge on any atom is -0.503 e. The van der Waals surface area contributed by atoms with Gasteiger partial charge in [-0.2, -0.15) is 0 Å². The molecule has 0 bridgehead atoms. The fraction of sp³-hybridized carbons (Fsp3) is 0.533. The topological polar surface area (TPSA) is 70.0 Å². The lowest BCUT2D eigenvalue weighted by atomic mass is 9.80. The maximum Gasteiger partial charge on any atom is 0.309 e. The normalized spacial score (nSPS) is 18.4. The molecule has 0 spiro atoms. The molecule has 116 valence electrons. The molecule has 1 aliphatic rings. The number of ether oxygens (including phenoxy) is 1. The van der Waals surface area contributed by atoms with Gasteiger partial charge < -0.3 is 14.9 Å². The van der Waals surface area contributed by atoms with E-state index >= 15 is 0 Å². The summed E-state index contributed by atoms with van der Waals surface area (Å²) in [5, 5.41) is 19.0. The van der Waals surface area contributed by atoms with Crippen molar-refractivity contribution >= 4 is 21.9 Å². The number of nitrogens with zero attached hydrogens (tertiary/aromatic N) is 1. The number of benzene rings is 1. The Morgan fingerprint density at radius 1 is 1.43 bits per heavy atom. The van der Waals surface area contributed by atoms with Gasteiger partial charge in [0.15, 0.2) is 11.5 Å². The molecule has 0 amide bonds. The third kappa shape index (κ3) is 3.49. The molecule has 21 heavy (non-hydrogen) atoms. The molecule has 1 aliphatic heterocycles. The number of aliphatic carboxylic acids is 1. The molecule has 0 aliphatic carbocycles. The SMILES string of the molecule is COc1cc(CN2CCC(C)(C(=O)O)CC2)cc(Br)c1O. The number of phenolic OH excluding ortho intramolecular Hbond substituents is 1. The van der Waals surface area contributed by atoms with Gasteiger partial charge in [0.25, 0.3) is 0 Å². The van der Waals surface area contributed by atoms with Gasteiger partial charge in [-0.15, -0.1) is 0 Å². The number of aromatic hydroxyl groups is 1. The van der Waals surface area contributed by atoms with Crippen LogP contribution in [-0.2, 0) is 11.3 Å². The number of piperidine rings is 1. The third-order valence-electron chi connectivity index (χ3n) is 4.19. The van der Waals surface area contributed by atoms with E-state index < -0.39 is 11.4 Å². The second-order valence-corrected chi connectivity index (χ2v) is 6.62. The van der Waals surface area contributed by atoms with Crippen LogP contribution in [0.3, 0.4) is 0 Å². The fourth-order valence-corrected chi connectivity index (χ4v) is 3.04. The van der Waals surface area contributed by atoms with E-state index in [1.165, 1.54) is 7.11 Å². The smallest absolute Gasteiger partial charge is 0.309 e. The summed E-state index contributed by atoms with van der Waals surface area (Å²) in [6.07, 6.45) is 1.30. The predicted molar refractivity (Wildman–Crippen MR) is 82.6 cm³/mol. The molecule has 0 aromatic heterocycles. The summed E-state index contributed by atoms with van der Waals surface area (Å²) in [5.41, 5.74) is 0.416. The van der Waals surface area contributed by atoms with Crippen LogP contribution in [0.1, 0.15) is 25.3 Å². The Bertz CT molecular complexity index is 539. The quantitative estimate of drug-likeness (QED) is 0.866. The van der Waals surface area contributed by atoms with Crippen molar-refractivity contribution in [3.63, 3.8) is 0 Å². The van der Waals surface area contributed by atoms with Crippen LogP contribution in [0, 0.1) is 5.41 Å². The fourth-order valence-electron chi connectivity index (χ4n) is 2.55. The van der Waals surface area contributed by atoms with Gasteiger partial charge >= 0.3 is 5.97 Å². The largest absolute Gasteiger partial charge is 0.503 e. The number of hydrogen-bond donors (Lipinski definition) is 2. The summed E-state index contributed by atoms with van der Waals surface area (Å²) in [6.45, 7) is 4.03. The Morgan fingerprint density at radius 3 is 2.57 bits per heavy atom. The number of halogens is 1. The number of carboxylic acids is 1. The van der Waals surface area contributed by atoms with Gasteiger partial charge in [-0.3, -0.25) is 9.69 Å². The number of likely N-dealkylation sites (tertiary alicyclic amines) is 1. The highest BCUT2D eigenvalue weighted by molar-refractivity contribution is 9.10. The lowest BCUT2D eigenvalue weighted by Crippen LogP contribution is -2.42. The van der Waals surface area contributed by atoms with E-state index in [0.29, 0.717) is 29.6 Å². The van der Waals surface area contributed by atoms with Crippen LogP contribution in [0.15, 0.2) is 16.6 Å². The van der Waals surface area contributed by atoms with Crippen molar-refractivity contribution < 1.29 is 19.7 Å². The first kappa shape index (κ1) is 16.1. The average Bonchev–Trinajstić information content (AvgIpc) is 2.45. The molecule has 1 aromatic carbocycles. The highest BCUT2D eigenvalue weighted by Gasteiger charge is 2.36. The zero-order valence-electron chi connectivity index (χ0n) is 12.2. The number of methoxy groups -OCH3 is 1. The molecule has 6 heteroatoms. The summed E-state index contributed by atoms with van der Waals surface area (Å²) in [6, 6.07) is 3.67. The first-order chi connectivity index (χ1) is 9.85. The Hall–Kier alpha value is -1.27. The zero-order chi connectivity index (χ0) is 15.6. The molecule has 1 aromatic rings. The van der Waals surface area contributed by atoms with Crippen molar-refractivity contribution in [2.24, 2.45) is 5.41 Å². The highest BCUT2D eigenvalue weighted by atomic mass is 79.9. The first-order valence-corrected chi connectivity index (χ1v) is 7.66. The van der Waals surface area contributed by atoms with Crippen molar-refractivity contribution in [1.29, 1.82) is 0 Å². The molecule has 1 fully saturated rings. The molecule has 0 unspecified atom stereocenters. The van der Waals surface area contributed by atoms with Crippen LogP contribution < -0.4 is 4.74 Å². The molecule has 0 atom stereocenters. The van der Waals surface area contributed by atoms with E-state index in [4.69, 9.17) is 4.74 Å². The molecule has 0 radical (unpaired) electrons. The number of phenols is 1. The molecule has 2 N–H and O–H groups in total. The van der Waals surface area contributed by atoms with Gasteiger partial charge in [0, 0.05) is 6.54 Å². The Balaban J connectivity index is 2.04. The molecule has 5 nitrogen and oxygen atoms in total. The van der Waals surface area contributed by atoms with Gasteiger partial charge in [0.2, 0.25) is 0 Å². The second kappa shape index (κ2) is 6.23. The van der Waals surface area contributed by atoms with E-state index in [0.717, 1.165) is 18.7 Å². The predicted octanol–water partition coefficient (Wildman–Crippen LogP) is 2.85.